The summed E-state index contributed by atoms with van der Waals surface area (Å²) in [4.78, 5) is 16.7. The van der Waals surface area contributed by atoms with Gasteiger partial charge in [-0.05, 0) is 69.6 Å². The number of pyridine rings is 1. The molecule has 190 valence electrons. The first-order valence-corrected chi connectivity index (χ1v) is 12.3. The summed E-state index contributed by atoms with van der Waals surface area (Å²) in [6, 6.07) is 13.2. The normalized spacial score (nSPS) is 17.2. The quantitative estimate of drug-likeness (QED) is 0.446. The van der Waals surface area contributed by atoms with E-state index in [-0.39, 0.29) is 24.8 Å². The van der Waals surface area contributed by atoms with Crippen LogP contribution in [0, 0.1) is 0 Å². The SMILES string of the molecule is CC(C)N1CCN(c2ccc(-c3noc(-c4ccc(CN5CCCCC5)cc4)n3)cn2)CC1.Cl.Cl. The van der Waals surface area contributed by atoms with E-state index in [0.717, 1.165) is 49.7 Å². The molecule has 0 saturated carbocycles. The van der Waals surface area contributed by atoms with Crippen molar-refractivity contribution in [1.82, 2.24) is 24.9 Å². The molecule has 4 heterocycles. The van der Waals surface area contributed by atoms with Gasteiger partial charge in [0.25, 0.3) is 5.89 Å². The van der Waals surface area contributed by atoms with E-state index in [9.17, 15) is 0 Å². The van der Waals surface area contributed by atoms with Crippen molar-refractivity contribution in [3.63, 3.8) is 0 Å². The minimum atomic E-state index is 0. The molecule has 0 N–H and O–H groups in total. The van der Waals surface area contributed by atoms with Crippen LogP contribution in [0.5, 0.6) is 0 Å². The van der Waals surface area contributed by atoms with Gasteiger partial charge in [-0.2, -0.15) is 4.98 Å². The standard InChI is InChI=1S/C26H34N6O.2ClH/c1-20(2)31-14-16-32(17-15-31)24-11-10-23(18-27-24)25-28-26(33-29-25)22-8-6-21(7-9-22)19-30-12-4-3-5-13-30;;/h6-11,18,20H,3-5,12-17,19H2,1-2H3;2*1H. The van der Waals surface area contributed by atoms with E-state index in [0.29, 0.717) is 17.8 Å². The fraction of sp³-hybridized carbons (Fsp3) is 0.500. The Kier molecular flexibility index (Phi) is 9.92. The molecule has 5 rings (SSSR count). The predicted molar refractivity (Wildman–Crippen MR) is 146 cm³/mol. The number of anilines is 1. The lowest BCUT2D eigenvalue weighted by Gasteiger charge is -2.37. The summed E-state index contributed by atoms with van der Waals surface area (Å²) in [5.74, 6) is 2.13. The monoisotopic (exact) mass is 518 g/mol. The van der Waals surface area contributed by atoms with Crippen LogP contribution >= 0.6 is 24.8 Å². The molecule has 7 nitrogen and oxygen atoms in total. The highest BCUT2D eigenvalue weighted by Gasteiger charge is 2.20. The first kappa shape index (κ1) is 27.4. The summed E-state index contributed by atoms with van der Waals surface area (Å²) in [7, 11) is 0. The molecule has 3 aromatic rings. The van der Waals surface area contributed by atoms with Crippen LogP contribution in [0.25, 0.3) is 22.8 Å². The molecule has 0 spiro atoms. The molecule has 0 amide bonds. The summed E-state index contributed by atoms with van der Waals surface area (Å²) in [5, 5.41) is 4.20. The molecule has 2 saturated heterocycles. The molecule has 2 aromatic heterocycles. The average Bonchev–Trinajstić information content (AvgIpc) is 3.36. The molecular weight excluding hydrogens is 483 g/mol. The lowest BCUT2D eigenvalue weighted by atomic mass is 10.1. The average molecular weight is 520 g/mol. The number of hydrogen-bond acceptors (Lipinski definition) is 7. The van der Waals surface area contributed by atoms with Gasteiger partial charge in [0, 0.05) is 56.1 Å². The fourth-order valence-electron chi connectivity index (χ4n) is 4.76. The summed E-state index contributed by atoms with van der Waals surface area (Å²) in [6.45, 7) is 12.1. The zero-order chi connectivity index (χ0) is 22.6. The van der Waals surface area contributed by atoms with Crippen LogP contribution in [-0.4, -0.2) is 70.2 Å². The van der Waals surface area contributed by atoms with Crippen molar-refractivity contribution in [3.8, 4) is 22.8 Å². The number of nitrogens with zero attached hydrogens (tertiary/aromatic N) is 6. The van der Waals surface area contributed by atoms with Crippen LogP contribution in [0.3, 0.4) is 0 Å². The van der Waals surface area contributed by atoms with Crippen molar-refractivity contribution < 1.29 is 4.52 Å². The summed E-state index contributed by atoms with van der Waals surface area (Å²) in [6.07, 6.45) is 5.84. The molecule has 9 heteroatoms. The van der Waals surface area contributed by atoms with Crippen molar-refractivity contribution in [2.45, 2.75) is 45.7 Å². The van der Waals surface area contributed by atoms with E-state index in [4.69, 9.17) is 4.52 Å². The van der Waals surface area contributed by atoms with Crippen LogP contribution in [-0.2, 0) is 6.54 Å². The number of benzene rings is 1. The fourth-order valence-corrected chi connectivity index (χ4v) is 4.76. The van der Waals surface area contributed by atoms with Crippen LogP contribution in [0.1, 0.15) is 38.7 Å². The van der Waals surface area contributed by atoms with Gasteiger partial charge in [-0.1, -0.05) is 23.7 Å². The molecular formula is C26H36Cl2N6O. The highest BCUT2D eigenvalue weighted by atomic mass is 35.5. The first-order chi connectivity index (χ1) is 16.2. The van der Waals surface area contributed by atoms with Gasteiger partial charge in [0.15, 0.2) is 0 Å². The molecule has 0 unspecified atom stereocenters. The highest BCUT2D eigenvalue weighted by molar-refractivity contribution is 5.85. The maximum absolute atomic E-state index is 5.56. The Labute approximate surface area is 220 Å². The van der Waals surface area contributed by atoms with Crippen LogP contribution in [0.15, 0.2) is 47.1 Å². The third-order valence-electron chi connectivity index (χ3n) is 6.86. The molecule has 2 fully saturated rings. The van der Waals surface area contributed by atoms with E-state index in [1.54, 1.807) is 0 Å². The predicted octanol–water partition coefficient (Wildman–Crippen LogP) is 5.16. The third kappa shape index (κ3) is 6.73. The van der Waals surface area contributed by atoms with Crippen molar-refractivity contribution in [3.05, 3.63) is 48.2 Å². The molecule has 0 bridgehead atoms. The Morgan fingerprint density at radius 3 is 2.14 bits per heavy atom. The third-order valence-corrected chi connectivity index (χ3v) is 6.86. The van der Waals surface area contributed by atoms with Gasteiger partial charge >= 0.3 is 0 Å². The topological polar surface area (TPSA) is 61.5 Å². The Morgan fingerprint density at radius 1 is 0.829 bits per heavy atom. The van der Waals surface area contributed by atoms with E-state index in [2.05, 4.69) is 74.0 Å². The van der Waals surface area contributed by atoms with E-state index in [1.807, 2.05) is 12.3 Å². The van der Waals surface area contributed by atoms with Crippen LogP contribution in [0.2, 0.25) is 0 Å². The zero-order valence-corrected chi connectivity index (χ0v) is 22.2. The minimum absolute atomic E-state index is 0. The molecule has 0 aliphatic carbocycles. The molecule has 2 aliphatic rings. The van der Waals surface area contributed by atoms with Gasteiger partial charge in [0.1, 0.15) is 5.82 Å². The second-order valence-corrected chi connectivity index (χ2v) is 9.48. The lowest BCUT2D eigenvalue weighted by Crippen LogP contribution is -2.49. The Hall–Kier alpha value is -2.19. The number of piperazine rings is 1. The Balaban J connectivity index is 0.00000171. The Bertz CT molecular complexity index is 1030. The molecule has 0 radical (unpaired) electrons. The molecule has 2 aliphatic heterocycles. The van der Waals surface area contributed by atoms with E-state index in [1.165, 1.54) is 37.9 Å². The zero-order valence-electron chi connectivity index (χ0n) is 20.6. The van der Waals surface area contributed by atoms with Gasteiger partial charge < -0.3 is 9.42 Å². The maximum atomic E-state index is 5.56. The molecule has 0 atom stereocenters. The first-order valence-electron chi connectivity index (χ1n) is 12.3. The lowest BCUT2D eigenvalue weighted by molar-refractivity contribution is 0.209. The van der Waals surface area contributed by atoms with Gasteiger partial charge in [-0.3, -0.25) is 9.80 Å². The number of aromatic nitrogens is 3. The molecule has 1 aromatic carbocycles. The highest BCUT2D eigenvalue weighted by Crippen LogP contribution is 2.24. The van der Waals surface area contributed by atoms with Gasteiger partial charge in [-0.15, -0.1) is 24.8 Å². The van der Waals surface area contributed by atoms with E-state index >= 15 is 0 Å². The summed E-state index contributed by atoms with van der Waals surface area (Å²) in [5.41, 5.74) is 3.15. The minimum Gasteiger partial charge on any atom is -0.354 e. The van der Waals surface area contributed by atoms with Crippen molar-refractivity contribution >= 4 is 30.6 Å². The van der Waals surface area contributed by atoms with Gasteiger partial charge in [-0.25, -0.2) is 4.98 Å². The smallest absolute Gasteiger partial charge is 0.258 e. The number of rotatable bonds is 6. The number of halogens is 2. The summed E-state index contributed by atoms with van der Waals surface area (Å²) >= 11 is 0. The van der Waals surface area contributed by atoms with Gasteiger partial charge in [0.2, 0.25) is 5.82 Å². The second-order valence-electron chi connectivity index (χ2n) is 9.48. The number of likely N-dealkylation sites (tertiary alicyclic amines) is 1. The van der Waals surface area contributed by atoms with Crippen LogP contribution in [0.4, 0.5) is 5.82 Å². The maximum Gasteiger partial charge on any atom is 0.258 e. The number of piperidine rings is 1. The molecule has 35 heavy (non-hydrogen) atoms. The van der Waals surface area contributed by atoms with E-state index < -0.39 is 0 Å². The van der Waals surface area contributed by atoms with Crippen molar-refractivity contribution in [1.29, 1.82) is 0 Å². The largest absolute Gasteiger partial charge is 0.354 e. The van der Waals surface area contributed by atoms with Crippen LogP contribution < -0.4 is 4.90 Å². The second kappa shape index (κ2) is 12.7. The van der Waals surface area contributed by atoms with Crippen molar-refractivity contribution in [2.24, 2.45) is 0 Å². The van der Waals surface area contributed by atoms with Crippen molar-refractivity contribution in [2.75, 3.05) is 44.2 Å². The summed E-state index contributed by atoms with van der Waals surface area (Å²) < 4.78 is 5.56. The van der Waals surface area contributed by atoms with Gasteiger partial charge in [0.05, 0.1) is 0 Å². The number of hydrogen-bond donors (Lipinski definition) is 0. The Morgan fingerprint density at radius 2 is 1.51 bits per heavy atom.